The molecule has 1 amide bonds. The van der Waals surface area contributed by atoms with Crippen molar-refractivity contribution in [1.29, 1.82) is 0 Å². The number of anilines is 1. The quantitative estimate of drug-likeness (QED) is 0.527. The van der Waals surface area contributed by atoms with Crippen molar-refractivity contribution in [2.45, 2.75) is 17.0 Å². The molecule has 0 aliphatic heterocycles. The summed E-state index contributed by atoms with van der Waals surface area (Å²) in [5.74, 6) is -0.296. The van der Waals surface area contributed by atoms with Crippen molar-refractivity contribution in [2.24, 2.45) is 0 Å². The largest absolute Gasteiger partial charge is 0.325 e. The summed E-state index contributed by atoms with van der Waals surface area (Å²) in [5, 5.41) is 15.1. The topological polar surface area (TPSA) is 119 Å². The summed E-state index contributed by atoms with van der Waals surface area (Å²) in [6, 6.07) is 11.7. The summed E-state index contributed by atoms with van der Waals surface area (Å²) in [6.45, 7) is 1.68. The molecule has 0 fully saturated rings. The van der Waals surface area contributed by atoms with E-state index in [4.69, 9.17) is 11.6 Å². The number of halogens is 1. The van der Waals surface area contributed by atoms with Crippen LogP contribution in [0.3, 0.4) is 0 Å². The number of benzene rings is 2. The molecule has 3 rings (SSSR count). The van der Waals surface area contributed by atoms with Crippen LogP contribution in [0.4, 0.5) is 5.69 Å². The van der Waals surface area contributed by atoms with Crippen molar-refractivity contribution < 1.29 is 13.2 Å². The minimum absolute atomic E-state index is 0.0307. The highest BCUT2D eigenvalue weighted by Gasteiger charge is 2.16. The second-order valence-electron chi connectivity index (χ2n) is 5.88. The first-order valence-electron chi connectivity index (χ1n) is 8.31. The van der Waals surface area contributed by atoms with Crippen molar-refractivity contribution in [3.05, 3.63) is 53.1 Å². The zero-order valence-corrected chi connectivity index (χ0v) is 17.8. The summed E-state index contributed by atoms with van der Waals surface area (Å²) in [7, 11) is -2.29. The van der Waals surface area contributed by atoms with Crippen molar-refractivity contribution in [1.82, 2.24) is 24.9 Å². The maximum absolute atomic E-state index is 12.3. The number of carbonyl (C=O) groups is 1. The molecule has 0 radical (unpaired) electrons. The van der Waals surface area contributed by atoms with Gasteiger partial charge in [0.15, 0.2) is 0 Å². The summed E-state index contributed by atoms with van der Waals surface area (Å²) in [5.41, 5.74) is 1.63. The summed E-state index contributed by atoms with van der Waals surface area (Å²) < 4.78 is 27.9. The Bertz CT molecular complexity index is 1150. The van der Waals surface area contributed by atoms with E-state index >= 15 is 0 Å². The Morgan fingerprint density at radius 2 is 2.03 bits per heavy atom. The molecule has 12 heteroatoms. The first kappa shape index (κ1) is 21.2. The molecule has 0 atom stereocenters. The molecule has 2 aromatic carbocycles. The van der Waals surface area contributed by atoms with Crippen LogP contribution in [0.15, 0.2) is 52.5 Å². The molecule has 0 aliphatic carbocycles. The van der Waals surface area contributed by atoms with Gasteiger partial charge in [0.1, 0.15) is 0 Å². The predicted octanol–water partition coefficient (Wildman–Crippen LogP) is 2.26. The lowest BCUT2D eigenvalue weighted by atomic mass is 10.2. The lowest BCUT2D eigenvalue weighted by Gasteiger charge is -2.10. The highest BCUT2D eigenvalue weighted by molar-refractivity contribution is 7.99. The Balaban J connectivity index is 1.69. The number of aromatic nitrogens is 4. The van der Waals surface area contributed by atoms with Crippen LogP contribution in [0.1, 0.15) is 5.56 Å². The van der Waals surface area contributed by atoms with Crippen LogP contribution in [0.5, 0.6) is 0 Å². The van der Waals surface area contributed by atoms with Crippen molar-refractivity contribution >= 4 is 45.0 Å². The van der Waals surface area contributed by atoms with E-state index in [0.29, 0.717) is 27.1 Å². The third-order valence-corrected chi connectivity index (χ3v) is 6.57. The molecule has 0 spiro atoms. The number of aryl methyl sites for hydroxylation is 1. The van der Waals surface area contributed by atoms with E-state index in [2.05, 4.69) is 25.6 Å². The maximum atomic E-state index is 12.3. The van der Waals surface area contributed by atoms with Gasteiger partial charge in [-0.05, 0) is 60.3 Å². The molecule has 2 N–H and O–H groups in total. The second kappa shape index (κ2) is 8.91. The number of hydrogen-bond acceptors (Lipinski definition) is 7. The molecular formula is C17H17ClN6O3S2. The zero-order valence-electron chi connectivity index (χ0n) is 15.5. The summed E-state index contributed by atoms with van der Waals surface area (Å²) >= 11 is 7.14. The Labute approximate surface area is 176 Å². The maximum Gasteiger partial charge on any atom is 0.240 e. The third kappa shape index (κ3) is 5.12. The lowest BCUT2D eigenvalue weighted by molar-refractivity contribution is -0.113. The molecule has 1 heterocycles. The van der Waals surface area contributed by atoms with Gasteiger partial charge in [-0.25, -0.2) is 13.1 Å². The molecule has 0 bridgehead atoms. The van der Waals surface area contributed by atoms with Crippen LogP contribution >= 0.6 is 23.4 Å². The van der Waals surface area contributed by atoms with Gasteiger partial charge in [0.05, 0.1) is 16.3 Å². The van der Waals surface area contributed by atoms with Crippen molar-refractivity contribution in [3.63, 3.8) is 0 Å². The number of nitrogens with one attached hydrogen (secondary N) is 2. The molecule has 0 aliphatic rings. The zero-order chi connectivity index (χ0) is 21.0. The highest BCUT2D eigenvalue weighted by atomic mass is 35.5. The highest BCUT2D eigenvalue weighted by Crippen LogP contribution is 2.22. The average molecular weight is 453 g/mol. The van der Waals surface area contributed by atoms with Crippen LogP contribution in [-0.2, 0) is 14.8 Å². The molecule has 0 saturated carbocycles. The molecule has 29 heavy (non-hydrogen) atoms. The molecule has 0 unspecified atom stereocenters. The van der Waals surface area contributed by atoms with Crippen LogP contribution in [0.2, 0.25) is 5.02 Å². The summed E-state index contributed by atoms with van der Waals surface area (Å²) in [4.78, 5) is 12.4. The van der Waals surface area contributed by atoms with Crippen molar-refractivity contribution in [3.8, 4) is 5.69 Å². The fraction of sp³-hybridized carbons (Fsp3) is 0.176. The van der Waals surface area contributed by atoms with Crippen LogP contribution < -0.4 is 10.0 Å². The van der Waals surface area contributed by atoms with E-state index in [1.807, 2.05) is 0 Å². The smallest absolute Gasteiger partial charge is 0.240 e. The van der Waals surface area contributed by atoms with E-state index in [9.17, 15) is 13.2 Å². The van der Waals surface area contributed by atoms with Gasteiger partial charge in [-0.3, -0.25) is 4.79 Å². The fourth-order valence-electron chi connectivity index (χ4n) is 2.44. The van der Waals surface area contributed by atoms with Crippen molar-refractivity contribution in [2.75, 3.05) is 18.1 Å². The monoisotopic (exact) mass is 452 g/mol. The van der Waals surface area contributed by atoms with Gasteiger partial charge < -0.3 is 5.32 Å². The number of amides is 1. The first-order valence-corrected chi connectivity index (χ1v) is 11.2. The standard InChI is InChI=1S/C17H17ClN6O3S2/c1-11-6-7-13(9-15(11)29(26,27)19-2)20-16(25)10-28-17-21-22-23-24(17)14-5-3-4-12(18)8-14/h3-9,19H,10H2,1-2H3,(H,20,25). The normalized spacial score (nSPS) is 11.4. The first-order chi connectivity index (χ1) is 13.8. The Kier molecular flexibility index (Phi) is 6.52. The van der Waals surface area contributed by atoms with E-state index in [1.165, 1.54) is 17.8 Å². The predicted molar refractivity (Wildman–Crippen MR) is 111 cm³/mol. The van der Waals surface area contributed by atoms with Crippen LogP contribution in [-0.4, -0.2) is 47.3 Å². The number of hydrogen-bond donors (Lipinski definition) is 2. The van der Waals surface area contributed by atoms with Gasteiger partial charge >= 0.3 is 0 Å². The number of rotatable bonds is 7. The lowest BCUT2D eigenvalue weighted by Crippen LogP contribution is -2.20. The number of carbonyl (C=O) groups excluding carboxylic acids is 1. The van der Waals surface area contributed by atoms with Gasteiger partial charge in [-0.1, -0.05) is 35.5 Å². The van der Waals surface area contributed by atoms with Gasteiger partial charge in [-0.2, -0.15) is 4.68 Å². The molecule has 0 saturated heterocycles. The SMILES string of the molecule is CNS(=O)(=O)c1cc(NC(=O)CSc2nnnn2-c2cccc(Cl)c2)ccc1C. The Hall–Kier alpha value is -2.47. The Morgan fingerprint density at radius 3 is 2.76 bits per heavy atom. The number of nitrogens with zero attached hydrogens (tertiary/aromatic N) is 4. The van der Waals surface area contributed by atoms with E-state index < -0.39 is 10.0 Å². The molecular weight excluding hydrogens is 436 g/mol. The fourth-order valence-corrected chi connectivity index (χ4v) is 4.31. The van der Waals surface area contributed by atoms with Crippen LogP contribution in [0.25, 0.3) is 5.69 Å². The Morgan fingerprint density at radius 1 is 1.24 bits per heavy atom. The number of sulfonamides is 1. The summed E-state index contributed by atoms with van der Waals surface area (Å²) in [6.07, 6.45) is 0. The van der Waals surface area contributed by atoms with E-state index in [1.54, 1.807) is 43.3 Å². The van der Waals surface area contributed by atoms with Crippen LogP contribution in [0, 0.1) is 6.92 Å². The number of thioether (sulfide) groups is 1. The average Bonchev–Trinajstić information content (AvgIpc) is 3.16. The second-order valence-corrected chi connectivity index (χ2v) is 9.11. The minimum atomic E-state index is -3.62. The van der Waals surface area contributed by atoms with Gasteiger partial charge in [-0.15, -0.1) is 5.10 Å². The van der Waals surface area contributed by atoms with Gasteiger partial charge in [0, 0.05) is 10.7 Å². The van der Waals surface area contributed by atoms with E-state index in [0.717, 1.165) is 11.8 Å². The molecule has 1 aromatic heterocycles. The van der Waals surface area contributed by atoms with Gasteiger partial charge in [0.25, 0.3) is 0 Å². The van der Waals surface area contributed by atoms with Gasteiger partial charge in [0.2, 0.25) is 21.1 Å². The molecule has 3 aromatic rings. The minimum Gasteiger partial charge on any atom is -0.325 e. The molecule has 152 valence electrons. The number of tetrazole rings is 1. The third-order valence-electron chi connectivity index (χ3n) is 3.86. The van der Waals surface area contributed by atoms with E-state index in [-0.39, 0.29) is 16.6 Å². The molecule has 9 nitrogen and oxygen atoms in total.